The second-order valence-corrected chi connectivity index (χ2v) is 5.76. The second-order valence-electron chi connectivity index (χ2n) is 4.62. The van der Waals surface area contributed by atoms with Crippen molar-refractivity contribution in [1.29, 1.82) is 0 Å². The summed E-state index contributed by atoms with van der Waals surface area (Å²) < 4.78 is 42.7. The van der Waals surface area contributed by atoms with Crippen molar-refractivity contribution in [2.24, 2.45) is 0 Å². The number of aromatic hydroxyl groups is 1. The van der Waals surface area contributed by atoms with E-state index in [0.29, 0.717) is 0 Å². The third-order valence-corrected chi connectivity index (χ3v) is 4.28. The standard InChI is InChI=1S/C14H10F2N2O3S/c15-10-4-2-1-3-9(10)8-5-11(16)14(12(19)6-8)18-7-13(20)17-22(18)21/h1-6,19H,7H2,(H,17,20). The number of hydrogen-bond acceptors (Lipinski definition) is 4. The lowest BCUT2D eigenvalue weighted by atomic mass is 10.0. The highest BCUT2D eigenvalue weighted by Crippen LogP contribution is 2.37. The third-order valence-electron chi connectivity index (χ3n) is 3.17. The first-order valence-electron chi connectivity index (χ1n) is 6.23. The summed E-state index contributed by atoms with van der Waals surface area (Å²) in [7, 11) is 0. The Morgan fingerprint density at radius 2 is 1.95 bits per heavy atom. The van der Waals surface area contributed by atoms with Gasteiger partial charge >= 0.3 is 0 Å². The van der Waals surface area contributed by atoms with Crippen LogP contribution in [-0.2, 0) is 16.3 Å². The summed E-state index contributed by atoms with van der Waals surface area (Å²) in [5.41, 5.74) is -0.0992. The zero-order valence-electron chi connectivity index (χ0n) is 11.0. The topological polar surface area (TPSA) is 75.6 Å². The number of halogens is 2. The fraction of sp³-hybridized carbons (Fsp3) is 0.0714. The van der Waals surface area contributed by atoms with Gasteiger partial charge in [0.2, 0.25) is 0 Å². The highest BCUT2D eigenvalue weighted by Gasteiger charge is 2.37. The van der Waals surface area contributed by atoms with Crippen molar-refractivity contribution in [3.63, 3.8) is 0 Å². The van der Waals surface area contributed by atoms with Gasteiger partial charge in [-0.15, -0.1) is 4.72 Å². The minimum atomic E-state index is -1.96. The molecule has 0 aliphatic carbocycles. The number of rotatable bonds is 2. The molecule has 2 aromatic carbocycles. The van der Waals surface area contributed by atoms with Gasteiger partial charge in [-0.3, -0.25) is 4.79 Å². The molecule has 8 heteroatoms. The van der Waals surface area contributed by atoms with Crippen LogP contribution in [0.5, 0.6) is 5.75 Å². The van der Waals surface area contributed by atoms with E-state index in [1.165, 1.54) is 18.2 Å². The Kier molecular flexibility index (Phi) is 3.63. The first-order chi connectivity index (χ1) is 10.5. The lowest BCUT2D eigenvalue weighted by Crippen LogP contribution is -2.30. The van der Waals surface area contributed by atoms with Crippen molar-refractivity contribution in [2.45, 2.75) is 0 Å². The van der Waals surface area contributed by atoms with Gasteiger partial charge in [-0.25, -0.2) is 8.78 Å². The Morgan fingerprint density at radius 1 is 1.23 bits per heavy atom. The number of phenolic OH excluding ortho intramolecular Hbond substituents is 1. The minimum Gasteiger partial charge on any atom is -0.568 e. The monoisotopic (exact) mass is 324 g/mol. The minimum absolute atomic E-state index is 0.125. The van der Waals surface area contributed by atoms with Gasteiger partial charge in [0.25, 0.3) is 5.91 Å². The van der Waals surface area contributed by atoms with E-state index in [9.17, 15) is 23.2 Å². The Balaban J connectivity index is 2.06. The Hall–Kier alpha value is -2.32. The first kappa shape index (κ1) is 14.6. The van der Waals surface area contributed by atoms with E-state index in [2.05, 4.69) is 4.72 Å². The van der Waals surface area contributed by atoms with Gasteiger partial charge in [-0.2, -0.15) is 4.31 Å². The summed E-state index contributed by atoms with van der Waals surface area (Å²) in [5, 5.41) is 10.0. The van der Waals surface area contributed by atoms with Crippen LogP contribution in [0.15, 0.2) is 36.4 Å². The van der Waals surface area contributed by atoms with Gasteiger partial charge < -0.3 is 9.66 Å². The number of amides is 1. The second kappa shape index (κ2) is 5.47. The normalized spacial score (nSPS) is 17.7. The van der Waals surface area contributed by atoms with E-state index >= 15 is 0 Å². The van der Waals surface area contributed by atoms with Gasteiger partial charge in [-0.1, -0.05) is 18.2 Å². The zero-order chi connectivity index (χ0) is 15.9. The average Bonchev–Trinajstić information content (AvgIpc) is 2.77. The van der Waals surface area contributed by atoms with Crippen LogP contribution in [0.3, 0.4) is 0 Å². The molecule has 2 aromatic rings. The van der Waals surface area contributed by atoms with Crippen molar-refractivity contribution in [3.8, 4) is 16.9 Å². The van der Waals surface area contributed by atoms with Crippen LogP contribution >= 0.6 is 0 Å². The maximum Gasteiger partial charge on any atom is 0.287 e. The van der Waals surface area contributed by atoms with Crippen molar-refractivity contribution in [2.75, 3.05) is 10.8 Å². The summed E-state index contributed by atoms with van der Waals surface area (Å²) in [6.45, 7) is -0.337. The van der Waals surface area contributed by atoms with Crippen LogP contribution in [0.1, 0.15) is 0 Å². The Bertz CT molecular complexity index is 734. The molecule has 114 valence electrons. The molecule has 1 atom stereocenters. The molecule has 1 aliphatic heterocycles. The van der Waals surface area contributed by atoms with E-state index in [-0.39, 0.29) is 23.4 Å². The number of hydrogen-bond donors (Lipinski definition) is 2. The third kappa shape index (κ3) is 2.46. The van der Waals surface area contributed by atoms with Crippen molar-refractivity contribution in [3.05, 3.63) is 48.0 Å². The molecule has 0 bridgehead atoms. The molecule has 1 fully saturated rings. The van der Waals surface area contributed by atoms with E-state index in [4.69, 9.17) is 0 Å². The predicted octanol–water partition coefficient (Wildman–Crippen LogP) is 1.85. The fourth-order valence-electron chi connectivity index (χ4n) is 2.22. The maximum atomic E-state index is 14.3. The highest BCUT2D eigenvalue weighted by molar-refractivity contribution is 7.92. The maximum absolute atomic E-state index is 14.3. The molecule has 0 saturated carbocycles. The molecule has 22 heavy (non-hydrogen) atoms. The summed E-state index contributed by atoms with van der Waals surface area (Å²) >= 11 is -1.96. The van der Waals surface area contributed by atoms with Gasteiger partial charge in [0, 0.05) is 5.56 Å². The van der Waals surface area contributed by atoms with Crippen LogP contribution in [0.2, 0.25) is 0 Å². The quantitative estimate of drug-likeness (QED) is 0.827. The smallest absolute Gasteiger partial charge is 0.287 e. The molecule has 3 rings (SSSR count). The number of carbonyl (C=O) groups excluding carboxylic acids is 1. The van der Waals surface area contributed by atoms with Gasteiger partial charge in [0.05, 0.1) is 0 Å². The number of anilines is 1. The fourth-order valence-corrected chi connectivity index (χ4v) is 3.17. The molecule has 1 aliphatic rings. The molecular formula is C14H10F2N2O3S. The SMILES string of the molecule is O=C1CN(c2c(O)cc(-c3ccccc3F)cc2F)[S+]([O-])N1. The first-order valence-corrected chi connectivity index (χ1v) is 7.34. The summed E-state index contributed by atoms with van der Waals surface area (Å²) in [6, 6.07) is 7.93. The Labute approximate surface area is 127 Å². The molecule has 0 spiro atoms. The summed E-state index contributed by atoms with van der Waals surface area (Å²) in [4.78, 5) is 11.2. The molecule has 5 nitrogen and oxygen atoms in total. The highest BCUT2D eigenvalue weighted by atomic mass is 32.2. The predicted molar refractivity (Wildman–Crippen MR) is 77.1 cm³/mol. The molecule has 1 heterocycles. The number of phenols is 1. The number of carbonyl (C=O) groups is 1. The molecule has 0 radical (unpaired) electrons. The molecule has 1 saturated heterocycles. The van der Waals surface area contributed by atoms with Crippen molar-refractivity contribution < 1.29 is 23.2 Å². The molecule has 1 unspecified atom stereocenters. The lowest BCUT2D eigenvalue weighted by Gasteiger charge is -2.18. The van der Waals surface area contributed by atoms with Crippen molar-refractivity contribution in [1.82, 2.24) is 4.72 Å². The molecule has 1 amide bonds. The van der Waals surface area contributed by atoms with Crippen LogP contribution in [0.25, 0.3) is 11.1 Å². The lowest BCUT2D eigenvalue weighted by molar-refractivity contribution is -0.117. The van der Waals surface area contributed by atoms with E-state index in [1.807, 2.05) is 0 Å². The Morgan fingerprint density at radius 3 is 2.55 bits per heavy atom. The number of nitrogens with one attached hydrogen (secondary N) is 1. The summed E-state index contributed by atoms with van der Waals surface area (Å²) in [5.74, 6) is -2.53. The van der Waals surface area contributed by atoms with Crippen LogP contribution < -0.4 is 9.03 Å². The van der Waals surface area contributed by atoms with Crippen LogP contribution in [-0.4, -0.2) is 22.1 Å². The average molecular weight is 324 g/mol. The summed E-state index contributed by atoms with van der Waals surface area (Å²) in [6.07, 6.45) is 0. The zero-order valence-corrected chi connectivity index (χ0v) is 11.9. The molecule has 0 aromatic heterocycles. The van der Waals surface area contributed by atoms with E-state index in [1.54, 1.807) is 6.07 Å². The van der Waals surface area contributed by atoms with Crippen LogP contribution in [0, 0.1) is 11.6 Å². The number of benzene rings is 2. The van der Waals surface area contributed by atoms with E-state index in [0.717, 1.165) is 16.4 Å². The van der Waals surface area contributed by atoms with Crippen LogP contribution in [0.4, 0.5) is 14.5 Å². The largest absolute Gasteiger partial charge is 0.568 e. The molecular weight excluding hydrogens is 314 g/mol. The van der Waals surface area contributed by atoms with E-state index < -0.39 is 34.8 Å². The molecule has 2 N–H and O–H groups in total. The van der Waals surface area contributed by atoms with Gasteiger partial charge in [0.1, 0.15) is 11.6 Å². The van der Waals surface area contributed by atoms with Gasteiger partial charge in [-0.05, 0) is 23.8 Å². The van der Waals surface area contributed by atoms with Gasteiger partial charge in [0.15, 0.2) is 29.6 Å². The van der Waals surface area contributed by atoms with Crippen molar-refractivity contribution >= 4 is 23.1 Å². The number of nitrogens with zero attached hydrogens (tertiary/aromatic N) is 1.